The summed E-state index contributed by atoms with van der Waals surface area (Å²) in [5.74, 6) is 3.77. The van der Waals surface area contributed by atoms with Crippen LogP contribution in [0.1, 0.15) is 68.6 Å². The second-order valence-corrected chi connectivity index (χ2v) is 7.17. The van der Waals surface area contributed by atoms with Crippen molar-refractivity contribution in [1.29, 1.82) is 0 Å². The fourth-order valence-corrected chi connectivity index (χ4v) is 4.14. The van der Waals surface area contributed by atoms with Crippen LogP contribution in [0.2, 0.25) is 0 Å². The standard InChI is InChI=1S/C16H28N4O/c1-20(2)10-14(17)15-18-16(21-19-15)13-8-7-11-5-3-4-6-12(11)9-13/h11-14H,3-10,17H2,1-2H3. The van der Waals surface area contributed by atoms with Crippen LogP contribution in [0.5, 0.6) is 0 Å². The second-order valence-electron chi connectivity index (χ2n) is 7.17. The van der Waals surface area contributed by atoms with Crippen molar-refractivity contribution in [2.24, 2.45) is 17.6 Å². The van der Waals surface area contributed by atoms with E-state index in [9.17, 15) is 0 Å². The van der Waals surface area contributed by atoms with E-state index in [4.69, 9.17) is 10.3 Å². The highest BCUT2D eigenvalue weighted by Gasteiger charge is 2.35. The SMILES string of the molecule is CN(C)CC(N)c1noc(C2CCC3CCCCC3C2)n1. The molecule has 3 rings (SSSR count). The van der Waals surface area contributed by atoms with Gasteiger partial charge in [-0.25, -0.2) is 0 Å². The van der Waals surface area contributed by atoms with E-state index in [1.165, 1.54) is 44.9 Å². The smallest absolute Gasteiger partial charge is 0.229 e. The molecule has 1 heterocycles. The highest BCUT2D eigenvalue weighted by Crippen LogP contribution is 2.45. The zero-order chi connectivity index (χ0) is 14.8. The molecule has 118 valence electrons. The number of nitrogens with zero attached hydrogens (tertiary/aromatic N) is 3. The van der Waals surface area contributed by atoms with Crippen LogP contribution >= 0.6 is 0 Å². The molecule has 2 aliphatic carbocycles. The predicted octanol–water partition coefficient (Wildman–Crippen LogP) is 2.70. The molecule has 2 aliphatic rings. The van der Waals surface area contributed by atoms with Crippen molar-refractivity contribution in [3.05, 3.63) is 11.7 Å². The monoisotopic (exact) mass is 292 g/mol. The lowest BCUT2D eigenvalue weighted by Gasteiger charge is -2.38. The third kappa shape index (κ3) is 3.46. The molecule has 1 aromatic heterocycles. The number of likely N-dealkylation sites (N-methyl/N-ethyl adjacent to an activating group) is 1. The number of hydrogen-bond donors (Lipinski definition) is 1. The van der Waals surface area contributed by atoms with Gasteiger partial charge in [0.1, 0.15) is 0 Å². The lowest BCUT2D eigenvalue weighted by Crippen LogP contribution is -2.27. The highest BCUT2D eigenvalue weighted by molar-refractivity contribution is 5.01. The maximum absolute atomic E-state index is 6.12. The lowest BCUT2D eigenvalue weighted by molar-refractivity contribution is 0.142. The molecule has 0 aliphatic heterocycles. The van der Waals surface area contributed by atoms with Crippen molar-refractivity contribution in [1.82, 2.24) is 15.0 Å². The minimum Gasteiger partial charge on any atom is -0.339 e. The van der Waals surface area contributed by atoms with Gasteiger partial charge in [0.2, 0.25) is 5.89 Å². The molecular weight excluding hydrogens is 264 g/mol. The van der Waals surface area contributed by atoms with Crippen molar-refractivity contribution in [2.45, 2.75) is 56.9 Å². The summed E-state index contributed by atoms with van der Waals surface area (Å²) in [6.07, 6.45) is 9.41. The fraction of sp³-hybridized carbons (Fsp3) is 0.875. The molecule has 4 unspecified atom stereocenters. The summed E-state index contributed by atoms with van der Waals surface area (Å²) in [4.78, 5) is 6.64. The Morgan fingerprint density at radius 2 is 1.95 bits per heavy atom. The van der Waals surface area contributed by atoms with Crippen LogP contribution in [0, 0.1) is 11.8 Å². The summed E-state index contributed by atoms with van der Waals surface area (Å²) >= 11 is 0. The zero-order valence-corrected chi connectivity index (χ0v) is 13.3. The Hall–Kier alpha value is -0.940. The molecule has 0 amide bonds. The molecule has 2 fully saturated rings. The van der Waals surface area contributed by atoms with E-state index in [2.05, 4.69) is 10.1 Å². The van der Waals surface area contributed by atoms with E-state index < -0.39 is 0 Å². The van der Waals surface area contributed by atoms with Gasteiger partial charge in [-0.05, 0) is 45.2 Å². The number of nitrogens with two attached hydrogens (primary N) is 1. The van der Waals surface area contributed by atoms with E-state index in [0.29, 0.717) is 11.7 Å². The molecule has 0 saturated heterocycles. The van der Waals surface area contributed by atoms with Gasteiger partial charge in [-0.15, -0.1) is 0 Å². The molecule has 5 heteroatoms. The first-order chi connectivity index (χ1) is 10.1. The molecule has 1 aromatic rings. The van der Waals surface area contributed by atoms with Gasteiger partial charge >= 0.3 is 0 Å². The van der Waals surface area contributed by atoms with Gasteiger partial charge in [-0.2, -0.15) is 4.98 Å². The average Bonchev–Trinajstić information content (AvgIpc) is 2.96. The number of aromatic nitrogens is 2. The van der Waals surface area contributed by atoms with Crippen molar-refractivity contribution < 1.29 is 4.52 Å². The number of hydrogen-bond acceptors (Lipinski definition) is 5. The number of fused-ring (bicyclic) bond motifs is 1. The molecule has 0 spiro atoms. The van der Waals surface area contributed by atoms with Gasteiger partial charge in [-0.3, -0.25) is 0 Å². The largest absolute Gasteiger partial charge is 0.339 e. The summed E-state index contributed by atoms with van der Waals surface area (Å²) in [7, 11) is 4.01. The average molecular weight is 292 g/mol. The Morgan fingerprint density at radius 3 is 2.71 bits per heavy atom. The fourth-order valence-electron chi connectivity index (χ4n) is 4.14. The second kappa shape index (κ2) is 6.44. The Kier molecular flexibility index (Phi) is 4.60. The van der Waals surface area contributed by atoms with Crippen LogP contribution in [0.25, 0.3) is 0 Å². The molecule has 4 atom stereocenters. The van der Waals surface area contributed by atoms with Crippen molar-refractivity contribution in [2.75, 3.05) is 20.6 Å². The van der Waals surface area contributed by atoms with E-state index in [1.54, 1.807) is 0 Å². The van der Waals surface area contributed by atoms with Gasteiger partial charge < -0.3 is 15.2 Å². The minimum absolute atomic E-state index is 0.163. The topological polar surface area (TPSA) is 68.2 Å². The Balaban J connectivity index is 1.63. The molecule has 2 saturated carbocycles. The lowest BCUT2D eigenvalue weighted by atomic mass is 9.67. The summed E-state index contributed by atoms with van der Waals surface area (Å²) in [6.45, 7) is 0.744. The van der Waals surface area contributed by atoms with Crippen LogP contribution in [0.3, 0.4) is 0 Å². The van der Waals surface area contributed by atoms with Crippen molar-refractivity contribution in [3.8, 4) is 0 Å². The van der Waals surface area contributed by atoms with Gasteiger partial charge in [0.05, 0.1) is 6.04 Å². The van der Waals surface area contributed by atoms with Gasteiger partial charge in [0, 0.05) is 12.5 Å². The highest BCUT2D eigenvalue weighted by atomic mass is 16.5. The Labute approximate surface area is 127 Å². The maximum Gasteiger partial charge on any atom is 0.229 e. The molecule has 2 N–H and O–H groups in total. The van der Waals surface area contributed by atoms with Gasteiger partial charge in [-0.1, -0.05) is 30.8 Å². The summed E-state index contributed by atoms with van der Waals surface area (Å²) in [5.41, 5.74) is 6.12. The van der Waals surface area contributed by atoms with Crippen molar-refractivity contribution >= 4 is 0 Å². The van der Waals surface area contributed by atoms with Crippen LogP contribution < -0.4 is 5.73 Å². The third-order valence-corrected chi connectivity index (χ3v) is 5.24. The summed E-state index contributed by atoms with van der Waals surface area (Å²) in [6, 6.07) is -0.163. The Morgan fingerprint density at radius 1 is 1.19 bits per heavy atom. The first-order valence-corrected chi connectivity index (χ1v) is 8.37. The Bertz CT molecular complexity index is 459. The zero-order valence-electron chi connectivity index (χ0n) is 13.3. The van der Waals surface area contributed by atoms with Crippen molar-refractivity contribution in [3.63, 3.8) is 0 Å². The molecular formula is C16H28N4O. The number of rotatable bonds is 4. The van der Waals surface area contributed by atoms with Crippen LogP contribution in [-0.4, -0.2) is 35.7 Å². The van der Waals surface area contributed by atoms with Crippen LogP contribution in [0.15, 0.2) is 4.52 Å². The maximum atomic E-state index is 6.12. The third-order valence-electron chi connectivity index (χ3n) is 5.24. The normalized spacial score (nSPS) is 31.1. The molecule has 0 bridgehead atoms. The minimum atomic E-state index is -0.163. The van der Waals surface area contributed by atoms with Gasteiger partial charge in [0.15, 0.2) is 5.82 Å². The van der Waals surface area contributed by atoms with E-state index >= 15 is 0 Å². The molecule has 21 heavy (non-hydrogen) atoms. The first kappa shape index (κ1) is 15.0. The van der Waals surface area contributed by atoms with Crippen LogP contribution in [0.4, 0.5) is 0 Å². The molecule has 0 aromatic carbocycles. The van der Waals surface area contributed by atoms with E-state index in [-0.39, 0.29) is 6.04 Å². The predicted molar refractivity (Wildman–Crippen MR) is 81.8 cm³/mol. The van der Waals surface area contributed by atoms with E-state index in [1.807, 2.05) is 19.0 Å². The molecule has 5 nitrogen and oxygen atoms in total. The summed E-state index contributed by atoms with van der Waals surface area (Å²) in [5, 5.41) is 4.11. The van der Waals surface area contributed by atoms with Gasteiger partial charge in [0.25, 0.3) is 0 Å². The summed E-state index contributed by atoms with van der Waals surface area (Å²) < 4.78 is 5.53. The molecule has 0 radical (unpaired) electrons. The first-order valence-electron chi connectivity index (χ1n) is 8.37. The van der Waals surface area contributed by atoms with E-state index in [0.717, 1.165) is 24.3 Å². The van der Waals surface area contributed by atoms with Crippen LogP contribution in [-0.2, 0) is 0 Å². The quantitative estimate of drug-likeness (QED) is 0.924.